The average Bonchev–Trinajstić information content (AvgIpc) is 3.02. The molecule has 0 aliphatic heterocycles. The Balaban J connectivity index is 1.76. The number of phenolic OH excluding ortho intramolecular Hbond substituents is 1. The standard InChI is InChI=1S/C22H18F2N4O4/c1-27-20-15(12-7-16(24)21(30)18(8-12)32-2)9-25-10-17(20)28(22(27)31)11-19(29)26-14-5-3-13(23)4-6-14/h3-10,30H,11H2,1-2H3,(H,26,29). The number of phenols is 1. The molecule has 2 aromatic carbocycles. The summed E-state index contributed by atoms with van der Waals surface area (Å²) < 4.78 is 34.8. The van der Waals surface area contributed by atoms with E-state index in [0.29, 0.717) is 27.8 Å². The number of nitrogens with one attached hydrogen (secondary N) is 1. The van der Waals surface area contributed by atoms with Crippen LogP contribution in [0.25, 0.3) is 22.2 Å². The van der Waals surface area contributed by atoms with Crippen LogP contribution in [0.3, 0.4) is 0 Å². The molecule has 32 heavy (non-hydrogen) atoms. The SMILES string of the molecule is COc1cc(-c2cncc3c2n(C)c(=O)n3CC(=O)Nc2ccc(F)cc2)cc(F)c1O. The number of rotatable bonds is 5. The van der Waals surface area contributed by atoms with E-state index in [-0.39, 0.29) is 12.3 Å². The number of amides is 1. The van der Waals surface area contributed by atoms with Gasteiger partial charge < -0.3 is 15.2 Å². The number of hydrogen-bond acceptors (Lipinski definition) is 5. The maximum absolute atomic E-state index is 14.2. The van der Waals surface area contributed by atoms with E-state index in [1.807, 2.05) is 0 Å². The van der Waals surface area contributed by atoms with Gasteiger partial charge in [-0.25, -0.2) is 13.6 Å². The molecular formula is C22H18F2N4O4. The van der Waals surface area contributed by atoms with E-state index in [4.69, 9.17) is 4.74 Å². The highest BCUT2D eigenvalue weighted by atomic mass is 19.1. The van der Waals surface area contributed by atoms with Gasteiger partial charge in [-0.15, -0.1) is 0 Å². The number of carbonyl (C=O) groups is 1. The molecule has 0 unspecified atom stereocenters. The topological polar surface area (TPSA) is 98.4 Å². The molecule has 0 fully saturated rings. The molecule has 0 atom stereocenters. The van der Waals surface area contributed by atoms with Gasteiger partial charge in [0, 0.05) is 24.5 Å². The number of methoxy groups -OCH3 is 1. The van der Waals surface area contributed by atoms with Gasteiger partial charge in [0.05, 0.1) is 24.3 Å². The first-order valence-electron chi connectivity index (χ1n) is 9.45. The van der Waals surface area contributed by atoms with E-state index in [2.05, 4.69) is 10.3 Å². The van der Waals surface area contributed by atoms with Crippen LogP contribution in [0, 0.1) is 11.6 Å². The fraction of sp³-hybridized carbons (Fsp3) is 0.136. The van der Waals surface area contributed by atoms with Crippen LogP contribution in [0.2, 0.25) is 0 Å². The Kier molecular flexibility index (Phi) is 5.35. The lowest BCUT2D eigenvalue weighted by Gasteiger charge is -2.10. The Morgan fingerprint density at radius 3 is 2.59 bits per heavy atom. The normalized spacial score (nSPS) is 11.0. The van der Waals surface area contributed by atoms with Crippen molar-refractivity contribution in [3.8, 4) is 22.6 Å². The van der Waals surface area contributed by atoms with E-state index in [9.17, 15) is 23.5 Å². The number of imidazole rings is 1. The first-order chi connectivity index (χ1) is 15.3. The summed E-state index contributed by atoms with van der Waals surface area (Å²) in [5, 5.41) is 12.4. The Hall–Kier alpha value is -4.21. The monoisotopic (exact) mass is 440 g/mol. The third kappa shape index (κ3) is 3.66. The lowest BCUT2D eigenvalue weighted by atomic mass is 10.1. The minimum atomic E-state index is -0.889. The van der Waals surface area contributed by atoms with Crippen molar-refractivity contribution in [1.82, 2.24) is 14.1 Å². The number of ether oxygens (including phenoxy) is 1. The molecule has 2 aromatic heterocycles. The summed E-state index contributed by atoms with van der Waals surface area (Å²) in [6.45, 7) is -0.314. The smallest absolute Gasteiger partial charge is 0.329 e. The van der Waals surface area contributed by atoms with Gasteiger partial charge in [-0.2, -0.15) is 0 Å². The Morgan fingerprint density at radius 1 is 1.19 bits per heavy atom. The van der Waals surface area contributed by atoms with Crippen LogP contribution in [0.1, 0.15) is 0 Å². The number of pyridine rings is 1. The van der Waals surface area contributed by atoms with Gasteiger partial charge in [0.25, 0.3) is 0 Å². The summed E-state index contributed by atoms with van der Waals surface area (Å²) in [4.78, 5) is 29.5. The third-order valence-electron chi connectivity index (χ3n) is 5.03. The highest BCUT2D eigenvalue weighted by Crippen LogP contribution is 2.36. The largest absolute Gasteiger partial charge is 0.502 e. The number of anilines is 1. The number of fused-ring (bicyclic) bond motifs is 1. The quantitative estimate of drug-likeness (QED) is 0.497. The molecule has 0 spiro atoms. The summed E-state index contributed by atoms with van der Waals surface area (Å²) in [6, 6.07) is 7.77. The maximum atomic E-state index is 14.2. The van der Waals surface area contributed by atoms with E-state index in [0.717, 1.165) is 6.07 Å². The molecule has 0 aliphatic rings. The van der Waals surface area contributed by atoms with Gasteiger partial charge >= 0.3 is 5.69 Å². The molecule has 0 saturated carbocycles. The van der Waals surface area contributed by atoms with Crippen molar-refractivity contribution in [2.24, 2.45) is 7.05 Å². The fourth-order valence-corrected chi connectivity index (χ4v) is 3.50. The molecule has 164 valence electrons. The summed E-state index contributed by atoms with van der Waals surface area (Å²) in [5.74, 6) is -2.51. The van der Waals surface area contributed by atoms with Gasteiger partial charge in [-0.05, 0) is 42.0 Å². The van der Waals surface area contributed by atoms with Gasteiger partial charge in [-0.1, -0.05) is 0 Å². The summed E-state index contributed by atoms with van der Waals surface area (Å²) >= 11 is 0. The highest BCUT2D eigenvalue weighted by molar-refractivity contribution is 5.95. The van der Waals surface area contributed by atoms with Crippen molar-refractivity contribution in [3.63, 3.8) is 0 Å². The third-order valence-corrected chi connectivity index (χ3v) is 5.03. The van der Waals surface area contributed by atoms with Crippen LogP contribution in [0.5, 0.6) is 11.5 Å². The minimum absolute atomic E-state index is 0.0693. The number of benzene rings is 2. The number of nitrogens with zero attached hydrogens (tertiary/aromatic N) is 3. The Labute approximate surface area is 180 Å². The first kappa shape index (κ1) is 21.0. The van der Waals surface area contributed by atoms with Crippen molar-refractivity contribution in [2.45, 2.75) is 6.54 Å². The Morgan fingerprint density at radius 2 is 1.91 bits per heavy atom. The number of aromatic nitrogens is 3. The molecule has 4 aromatic rings. The minimum Gasteiger partial charge on any atom is -0.502 e. The Bertz CT molecular complexity index is 1390. The molecule has 0 radical (unpaired) electrons. The molecule has 0 aliphatic carbocycles. The predicted octanol–water partition coefficient (Wildman–Crippen LogP) is 3.03. The number of aromatic hydroxyl groups is 1. The van der Waals surface area contributed by atoms with Crippen molar-refractivity contribution in [3.05, 3.63) is 70.9 Å². The van der Waals surface area contributed by atoms with Gasteiger partial charge in [0.15, 0.2) is 17.3 Å². The number of hydrogen-bond donors (Lipinski definition) is 2. The zero-order valence-corrected chi connectivity index (χ0v) is 17.1. The summed E-state index contributed by atoms with van der Waals surface area (Å²) in [6.07, 6.45) is 2.88. The van der Waals surface area contributed by atoms with Crippen LogP contribution < -0.4 is 15.7 Å². The maximum Gasteiger partial charge on any atom is 0.329 e. The van der Waals surface area contributed by atoms with Crippen molar-refractivity contribution in [1.29, 1.82) is 0 Å². The van der Waals surface area contributed by atoms with Crippen LogP contribution in [-0.2, 0) is 18.4 Å². The number of aryl methyl sites for hydroxylation is 1. The second-order valence-electron chi connectivity index (χ2n) is 7.05. The lowest BCUT2D eigenvalue weighted by Crippen LogP contribution is -2.28. The van der Waals surface area contributed by atoms with Gasteiger partial charge in [-0.3, -0.25) is 18.9 Å². The van der Waals surface area contributed by atoms with E-state index < -0.39 is 29.0 Å². The molecule has 0 saturated heterocycles. The molecule has 1 amide bonds. The highest BCUT2D eigenvalue weighted by Gasteiger charge is 2.20. The van der Waals surface area contributed by atoms with Crippen molar-refractivity contribution >= 4 is 22.6 Å². The number of carbonyl (C=O) groups excluding carboxylic acids is 1. The van der Waals surface area contributed by atoms with E-state index in [1.54, 1.807) is 0 Å². The van der Waals surface area contributed by atoms with Crippen LogP contribution in [0.15, 0.2) is 53.6 Å². The van der Waals surface area contributed by atoms with Crippen LogP contribution in [-0.4, -0.2) is 32.2 Å². The molecule has 4 rings (SSSR count). The van der Waals surface area contributed by atoms with Crippen LogP contribution in [0.4, 0.5) is 14.5 Å². The molecule has 2 heterocycles. The van der Waals surface area contributed by atoms with Crippen molar-refractivity contribution < 1.29 is 23.4 Å². The molecule has 8 nitrogen and oxygen atoms in total. The lowest BCUT2D eigenvalue weighted by molar-refractivity contribution is -0.116. The summed E-state index contributed by atoms with van der Waals surface area (Å²) in [7, 11) is 2.82. The average molecular weight is 440 g/mol. The second kappa shape index (κ2) is 8.14. The van der Waals surface area contributed by atoms with E-state index in [1.165, 1.54) is 66.0 Å². The second-order valence-corrected chi connectivity index (χ2v) is 7.05. The zero-order valence-electron chi connectivity index (χ0n) is 17.1. The number of halogens is 2. The van der Waals surface area contributed by atoms with Gasteiger partial charge in [0.2, 0.25) is 5.91 Å². The molecule has 10 heteroatoms. The summed E-state index contributed by atoms with van der Waals surface area (Å²) in [5.41, 5.74) is 1.43. The molecule has 0 bridgehead atoms. The predicted molar refractivity (Wildman–Crippen MR) is 114 cm³/mol. The van der Waals surface area contributed by atoms with Crippen LogP contribution >= 0.6 is 0 Å². The fourth-order valence-electron chi connectivity index (χ4n) is 3.50. The van der Waals surface area contributed by atoms with Gasteiger partial charge in [0.1, 0.15) is 12.4 Å². The first-order valence-corrected chi connectivity index (χ1v) is 9.45. The molecule has 2 N–H and O–H groups in total. The van der Waals surface area contributed by atoms with E-state index >= 15 is 0 Å². The molecular weight excluding hydrogens is 422 g/mol. The van der Waals surface area contributed by atoms with Crippen molar-refractivity contribution in [2.75, 3.05) is 12.4 Å². The zero-order chi connectivity index (χ0) is 23.0.